The highest BCUT2D eigenvalue weighted by atomic mass is 16.5. The number of carbonyl (C=O) groups is 1. The van der Waals surface area contributed by atoms with E-state index in [4.69, 9.17) is 4.74 Å². The number of aromatic hydroxyl groups is 1. The molecule has 0 aliphatic heterocycles. The smallest absolute Gasteiger partial charge is 0.338 e. The minimum atomic E-state index is -0.363. The molecule has 3 heteroatoms. The van der Waals surface area contributed by atoms with E-state index in [0.29, 0.717) is 12.2 Å². The van der Waals surface area contributed by atoms with E-state index in [0.717, 1.165) is 19.3 Å². The fourth-order valence-corrected chi connectivity index (χ4v) is 2.97. The molecule has 0 unspecified atom stereocenters. The topological polar surface area (TPSA) is 46.5 Å². The number of phenols is 1. The van der Waals surface area contributed by atoms with Crippen LogP contribution in [0.25, 0.3) is 0 Å². The third-order valence-electron chi connectivity index (χ3n) is 4.66. The van der Waals surface area contributed by atoms with Gasteiger partial charge in [-0.1, -0.05) is 75.8 Å². The number of hydrogen-bond acceptors (Lipinski definition) is 3. The SMILES string of the molecule is CCCCC/C=C/C/C=C/CCCCCCCCOC(=O)c1cccc(O)c1. The lowest BCUT2D eigenvalue weighted by atomic mass is 10.1. The van der Waals surface area contributed by atoms with Crippen LogP contribution >= 0.6 is 0 Å². The second-order valence-electron chi connectivity index (χ2n) is 7.27. The van der Waals surface area contributed by atoms with Gasteiger partial charge in [-0.3, -0.25) is 0 Å². The predicted molar refractivity (Wildman–Crippen MR) is 118 cm³/mol. The first-order chi connectivity index (χ1) is 13.7. The largest absolute Gasteiger partial charge is 0.508 e. The first kappa shape index (κ1) is 24.0. The van der Waals surface area contributed by atoms with Gasteiger partial charge in [-0.2, -0.15) is 0 Å². The van der Waals surface area contributed by atoms with Gasteiger partial charge in [0.25, 0.3) is 0 Å². The van der Waals surface area contributed by atoms with Gasteiger partial charge in [0.1, 0.15) is 5.75 Å². The van der Waals surface area contributed by atoms with Crippen LogP contribution in [0.5, 0.6) is 5.75 Å². The van der Waals surface area contributed by atoms with E-state index in [-0.39, 0.29) is 11.7 Å². The van der Waals surface area contributed by atoms with Crippen molar-refractivity contribution >= 4 is 5.97 Å². The molecule has 0 heterocycles. The lowest BCUT2D eigenvalue weighted by Gasteiger charge is -2.05. The molecule has 1 aromatic carbocycles. The zero-order valence-corrected chi connectivity index (χ0v) is 17.6. The molecule has 0 aliphatic carbocycles. The molecule has 1 rings (SSSR count). The van der Waals surface area contributed by atoms with Crippen LogP contribution in [0.15, 0.2) is 48.6 Å². The summed E-state index contributed by atoms with van der Waals surface area (Å²) in [5.74, 6) is -0.276. The van der Waals surface area contributed by atoms with Crippen LogP contribution in [0.1, 0.15) is 94.3 Å². The monoisotopic (exact) mass is 386 g/mol. The van der Waals surface area contributed by atoms with Crippen molar-refractivity contribution in [3.8, 4) is 5.75 Å². The van der Waals surface area contributed by atoms with E-state index >= 15 is 0 Å². The maximum atomic E-state index is 11.8. The van der Waals surface area contributed by atoms with Crippen LogP contribution in [0.3, 0.4) is 0 Å². The third-order valence-corrected chi connectivity index (χ3v) is 4.66. The van der Waals surface area contributed by atoms with Crippen molar-refractivity contribution in [3.63, 3.8) is 0 Å². The Kier molecular flexibility index (Phi) is 14.7. The average Bonchev–Trinajstić information content (AvgIpc) is 2.70. The molecule has 0 amide bonds. The van der Waals surface area contributed by atoms with Gasteiger partial charge in [0.15, 0.2) is 0 Å². The minimum absolute atomic E-state index is 0.0863. The molecule has 0 saturated heterocycles. The highest BCUT2D eigenvalue weighted by Crippen LogP contribution is 2.13. The van der Waals surface area contributed by atoms with E-state index in [1.165, 1.54) is 63.9 Å². The van der Waals surface area contributed by atoms with Gasteiger partial charge >= 0.3 is 5.97 Å². The second kappa shape index (κ2) is 17.1. The second-order valence-corrected chi connectivity index (χ2v) is 7.27. The lowest BCUT2D eigenvalue weighted by molar-refractivity contribution is 0.0497. The number of hydrogen-bond donors (Lipinski definition) is 1. The standard InChI is InChI=1S/C25H38O3/c1-2-3-4-5-6-7-8-9-10-11-12-13-14-15-16-17-21-28-25(27)23-19-18-20-24(26)22-23/h6-7,9-10,18-20,22,26H,2-5,8,11-17,21H2,1H3/b7-6+,10-9+. The Balaban J connectivity index is 1.87. The third kappa shape index (κ3) is 13.2. The van der Waals surface area contributed by atoms with Gasteiger partial charge in [0.2, 0.25) is 0 Å². The Hall–Kier alpha value is -2.03. The molecule has 1 aromatic rings. The lowest BCUT2D eigenvalue weighted by Crippen LogP contribution is -2.06. The summed E-state index contributed by atoms with van der Waals surface area (Å²) < 4.78 is 5.24. The quantitative estimate of drug-likeness (QED) is 0.183. The Morgan fingerprint density at radius 1 is 0.893 bits per heavy atom. The summed E-state index contributed by atoms with van der Waals surface area (Å²) in [6.45, 7) is 2.69. The van der Waals surface area contributed by atoms with Crippen LogP contribution in [-0.4, -0.2) is 17.7 Å². The number of esters is 1. The van der Waals surface area contributed by atoms with Crippen molar-refractivity contribution in [1.82, 2.24) is 0 Å². The summed E-state index contributed by atoms with van der Waals surface area (Å²) in [5.41, 5.74) is 0.403. The minimum Gasteiger partial charge on any atom is -0.508 e. The maximum Gasteiger partial charge on any atom is 0.338 e. The molecule has 28 heavy (non-hydrogen) atoms. The van der Waals surface area contributed by atoms with E-state index in [1.54, 1.807) is 18.2 Å². The van der Waals surface area contributed by atoms with Crippen LogP contribution in [0, 0.1) is 0 Å². The normalized spacial score (nSPS) is 11.5. The highest BCUT2D eigenvalue weighted by Gasteiger charge is 2.06. The van der Waals surface area contributed by atoms with Gasteiger partial charge in [-0.05, 0) is 56.7 Å². The first-order valence-electron chi connectivity index (χ1n) is 11.0. The van der Waals surface area contributed by atoms with Crippen LogP contribution in [0.2, 0.25) is 0 Å². The number of allylic oxidation sites excluding steroid dienone is 4. The Bertz CT molecular complexity index is 575. The van der Waals surface area contributed by atoms with E-state index in [9.17, 15) is 9.90 Å². The maximum absolute atomic E-state index is 11.8. The number of unbranched alkanes of at least 4 members (excludes halogenated alkanes) is 9. The van der Waals surface area contributed by atoms with Crippen molar-refractivity contribution in [1.29, 1.82) is 0 Å². The van der Waals surface area contributed by atoms with Gasteiger partial charge < -0.3 is 9.84 Å². The van der Waals surface area contributed by atoms with Gasteiger partial charge in [-0.25, -0.2) is 4.79 Å². The molecule has 0 saturated carbocycles. The Morgan fingerprint density at radius 3 is 2.21 bits per heavy atom. The van der Waals surface area contributed by atoms with Gasteiger partial charge in [-0.15, -0.1) is 0 Å². The molecule has 0 spiro atoms. The fourth-order valence-electron chi connectivity index (χ4n) is 2.97. The molecule has 156 valence electrons. The summed E-state index contributed by atoms with van der Waals surface area (Å²) in [6, 6.07) is 6.27. The summed E-state index contributed by atoms with van der Waals surface area (Å²) in [5, 5.41) is 9.37. The number of ether oxygens (including phenoxy) is 1. The summed E-state index contributed by atoms with van der Waals surface area (Å²) >= 11 is 0. The van der Waals surface area contributed by atoms with Crippen molar-refractivity contribution < 1.29 is 14.6 Å². The molecule has 0 aliphatic rings. The zero-order valence-electron chi connectivity index (χ0n) is 17.6. The number of benzene rings is 1. The van der Waals surface area contributed by atoms with Gasteiger partial charge in [0, 0.05) is 0 Å². The average molecular weight is 387 g/mol. The number of phenolic OH excluding ortho intramolecular Hbond substituents is 1. The summed E-state index contributed by atoms with van der Waals surface area (Å²) in [4.78, 5) is 11.8. The molecule has 3 nitrogen and oxygen atoms in total. The van der Waals surface area contributed by atoms with Crippen molar-refractivity contribution in [3.05, 3.63) is 54.1 Å². The molecular weight excluding hydrogens is 348 g/mol. The van der Waals surface area contributed by atoms with E-state index in [1.807, 2.05) is 0 Å². The number of rotatable bonds is 16. The van der Waals surface area contributed by atoms with E-state index < -0.39 is 0 Å². The van der Waals surface area contributed by atoms with Gasteiger partial charge in [0.05, 0.1) is 12.2 Å². The van der Waals surface area contributed by atoms with Crippen LogP contribution in [-0.2, 0) is 4.74 Å². The van der Waals surface area contributed by atoms with E-state index in [2.05, 4.69) is 31.2 Å². The van der Waals surface area contributed by atoms with Crippen molar-refractivity contribution in [2.75, 3.05) is 6.61 Å². The van der Waals surface area contributed by atoms with Crippen molar-refractivity contribution in [2.24, 2.45) is 0 Å². The Labute approximate surface area is 171 Å². The molecule has 0 aromatic heterocycles. The molecule has 0 radical (unpaired) electrons. The van der Waals surface area contributed by atoms with Crippen LogP contribution < -0.4 is 0 Å². The zero-order chi connectivity index (χ0) is 20.3. The summed E-state index contributed by atoms with van der Waals surface area (Å²) in [6.07, 6.45) is 23.5. The molecular formula is C25H38O3. The molecule has 0 atom stereocenters. The molecule has 0 bridgehead atoms. The fraction of sp³-hybridized carbons (Fsp3) is 0.560. The first-order valence-corrected chi connectivity index (χ1v) is 11.0. The predicted octanol–water partition coefficient (Wildman–Crippen LogP) is 7.36. The molecule has 0 fully saturated rings. The summed E-state index contributed by atoms with van der Waals surface area (Å²) in [7, 11) is 0. The molecule has 1 N–H and O–H groups in total. The Morgan fingerprint density at radius 2 is 1.54 bits per heavy atom. The highest BCUT2D eigenvalue weighted by molar-refractivity contribution is 5.89. The van der Waals surface area contributed by atoms with Crippen molar-refractivity contribution in [2.45, 2.75) is 84.0 Å². The number of carbonyl (C=O) groups excluding carboxylic acids is 1. The van der Waals surface area contributed by atoms with Crippen LogP contribution in [0.4, 0.5) is 0 Å².